The maximum atomic E-state index is 12.5. The second-order valence-corrected chi connectivity index (χ2v) is 7.09. The van der Waals surface area contributed by atoms with Crippen molar-refractivity contribution in [3.8, 4) is 17.6 Å². The van der Waals surface area contributed by atoms with Crippen LogP contribution in [0.15, 0.2) is 54.6 Å². The molecule has 0 N–H and O–H groups in total. The zero-order valence-corrected chi connectivity index (χ0v) is 16.4. The monoisotopic (exact) mass is 392 g/mol. The van der Waals surface area contributed by atoms with Gasteiger partial charge in [-0.3, -0.25) is 4.79 Å². The molecule has 0 bridgehead atoms. The highest BCUT2D eigenvalue weighted by atomic mass is 16.6. The van der Waals surface area contributed by atoms with E-state index in [1.54, 1.807) is 0 Å². The number of nitriles is 1. The highest BCUT2D eigenvalue weighted by Gasteiger charge is 2.39. The topological polar surface area (TPSA) is 79.6 Å². The van der Waals surface area contributed by atoms with Crippen molar-refractivity contribution in [2.24, 2.45) is 11.8 Å². The fraction of sp³-hybridized carbons (Fsp3) is 0.348. The number of nitrogens with zero attached hydrogens (tertiary/aromatic N) is 2. The number of hydrogen-bond acceptors (Lipinski definition) is 5. The van der Waals surface area contributed by atoms with Gasteiger partial charge < -0.3 is 14.4 Å². The Morgan fingerprint density at radius 3 is 2.34 bits per heavy atom. The number of esters is 1. The Labute approximate surface area is 170 Å². The van der Waals surface area contributed by atoms with E-state index in [0.717, 1.165) is 17.7 Å². The van der Waals surface area contributed by atoms with Gasteiger partial charge in [0.25, 0.3) is 0 Å². The molecule has 2 aromatic rings. The van der Waals surface area contributed by atoms with Gasteiger partial charge in [-0.2, -0.15) is 5.26 Å². The van der Waals surface area contributed by atoms with Crippen molar-refractivity contribution < 1.29 is 19.1 Å². The summed E-state index contributed by atoms with van der Waals surface area (Å²) in [4.78, 5) is 26.1. The lowest BCUT2D eigenvalue weighted by atomic mass is 9.75. The van der Waals surface area contributed by atoms with Gasteiger partial charge in [0.15, 0.2) is 0 Å². The molecular weight excluding hydrogens is 368 g/mol. The SMILES string of the molecule is CCCN(Cc1ccc(Oc2ccccc2)cc1)C(=O)OC(=O)C1CCC1C#N. The molecule has 1 aliphatic rings. The first kappa shape index (κ1) is 20.4. The van der Waals surface area contributed by atoms with Crippen molar-refractivity contribution in [3.05, 3.63) is 60.2 Å². The van der Waals surface area contributed by atoms with Gasteiger partial charge in [-0.15, -0.1) is 0 Å². The first-order valence-electron chi connectivity index (χ1n) is 9.82. The fourth-order valence-electron chi connectivity index (χ4n) is 3.18. The molecule has 0 heterocycles. The third kappa shape index (κ3) is 5.35. The summed E-state index contributed by atoms with van der Waals surface area (Å²) < 4.78 is 10.8. The largest absolute Gasteiger partial charge is 0.457 e. The van der Waals surface area contributed by atoms with Crippen LogP contribution in [-0.2, 0) is 16.1 Å². The second kappa shape index (κ2) is 9.74. The zero-order chi connectivity index (χ0) is 20.6. The summed E-state index contributed by atoms with van der Waals surface area (Å²) >= 11 is 0. The van der Waals surface area contributed by atoms with Gasteiger partial charge in [0.1, 0.15) is 11.5 Å². The minimum absolute atomic E-state index is 0.331. The van der Waals surface area contributed by atoms with E-state index in [0.29, 0.717) is 31.7 Å². The molecule has 2 atom stereocenters. The van der Waals surface area contributed by atoms with Crippen LogP contribution in [0.2, 0.25) is 0 Å². The molecule has 1 amide bonds. The van der Waals surface area contributed by atoms with Crippen molar-refractivity contribution in [2.75, 3.05) is 6.54 Å². The smallest absolute Gasteiger partial charge is 0.417 e. The Balaban J connectivity index is 1.58. The summed E-state index contributed by atoms with van der Waals surface area (Å²) in [7, 11) is 0. The first-order chi connectivity index (χ1) is 14.1. The molecule has 1 saturated carbocycles. The molecule has 1 aliphatic carbocycles. The van der Waals surface area contributed by atoms with Gasteiger partial charge in [0, 0.05) is 13.1 Å². The number of carbonyl (C=O) groups is 2. The molecule has 0 saturated heterocycles. The van der Waals surface area contributed by atoms with Crippen molar-refractivity contribution >= 4 is 12.1 Å². The standard InChI is InChI=1S/C23H24N2O4/c1-2-14-25(23(27)29-22(26)21-13-10-18(21)15-24)16-17-8-11-20(12-9-17)28-19-6-4-3-5-7-19/h3-9,11-12,18,21H,2,10,13-14,16H2,1H3. The van der Waals surface area contributed by atoms with E-state index < -0.39 is 18.0 Å². The third-order valence-electron chi connectivity index (χ3n) is 4.96. The molecule has 0 aromatic heterocycles. The minimum Gasteiger partial charge on any atom is -0.457 e. The van der Waals surface area contributed by atoms with Crippen molar-refractivity contribution in [2.45, 2.75) is 32.7 Å². The van der Waals surface area contributed by atoms with E-state index in [9.17, 15) is 9.59 Å². The number of amides is 1. The van der Waals surface area contributed by atoms with Gasteiger partial charge in [-0.1, -0.05) is 37.3 Å². The van der Waals surface area contributed by atoms with Gasteiger partial charge in [0.2, 0.25) is 0 Å². The quantitative estimate of drug-likeness (QED) is 0.494. The molecule has 1 fully saturated rings. The predicted molar refractivity (Wildman–Crippen MR) is 107 cm³/mol. The average Bonchev–Trinajstić information content (AvgIpc) is 2.69. The molecule has 150 valence electrons. The molecule has 2 aromatic carbocycles. The van der Waals surface area contributed by atoms with E-state index in [2.05, 4.69) is 6.07 Å². The number of ether oxygens (including phenoxy) is 2. The van der Waals surface area contributed by atoms with Crippen molar-refractivity contribution in [3.63, 3.8) is 0 Å². The van der Waals surface area contributed by atoms with Crippen molar-refractivity contribution in [1.82, 2.24) is 4.90 Å². The first-order valence-corrected chi connectivity index (χ1v) is 9.82. The lowest BCUT2D eigenvalue weighted by Crippen LogP contribution is -2.39. The molecule has 3 rings (SSSR count). The molecule has 29 heavy (non-hydrogen) atoms. The summed E-state index contributed by atoms with van der Waals surface area (Å²) in [5.74, 6) is 0.0309. The van der Waals surface area contributed by atoms with Crippen LogP contribution < -0.4 is 4.74 Å². The van der Waals surface area contributed by atoms with Crippen LogP contribution in [0.5, 0.6) is 11.5 Å². The number of para-hydroxylation sites is 1. The van der Waals surface area contributed by atoms with Crippen LogP contribution >= 0.6 is 0 Å². The second-order valence-electron chi connectivity index (χ2n) is 7.09. The van der Waals surface area contributed by atoms with E-state index >= 15 is 0 Å². The maximum Gasteiger partial charge on any atom is 0.417 e. The summed E-state index contributed by atoms with van der Waals surface area (Å²) in [6.45, 7) is 2.76. The molecule has 6 nitrogen and oxygen atoms in total. The van der Waals surface area contributed by atoms with Crippen LogP contribution in [0, 0.1) is 23.2 Å². The minimum atomic E-state index is -0.662. The zero-order valence-electron chi connectivity index (χ0n) is 16.4. The number of benzene rings is 2. The van der Waals surface area contributed by atoms with Crippen LogP contribution in [0.1, 0.15) is 31.7 Å². The summed E-state index contributed by atoms with van der Waals surface area (Å²) in [5, 5.41) is 8.98. The van der Waals surface area contributed by atoms with E-state index in [4.69, 9.17) is 14.7 Å². The van der Waals surface area contributed by atoms with Gasteiger partial charge in [-0.25, -0.2) is 4.79 Å². The summed E-state index contributed by atoms with van der Waals surface area (Å²) in [6, 6.07) is 19.0. The molecule has 0 radical (unpaired) electrons. The lowest BCUT2D eigenvalue weighted by molar-refractivity contribution is -0.147. The Morgan fingerprint density at radius 2 is 1.76 bits per heavy atom. The molecule has 2 unspecified atom stereocenters. The predicted octanol–water partition coefficient (Wildman–Crippen LogP) is 4.90. The van der Waals surface area contributed by atoms with E-state index in [-0.39, 0.29) is 5.92 Å². The van der Waals surface area contributed by atoms with Crippen LogP contribution in [0.25, 0.3) is 0 Å². The third-order valence-corrected chi connectivity index (χ3v) is 4.96. The molecule has 6 heteroatoms. The Bertz CT molecular complexity index is 874. The van der Waals surface area contributed by atoms with E-state index in [1.807, 2.05) is 61.5 Å². The average molecular weight is 392 g/mol. The highest BCUT2D eigenvalue weighted by molar-refractivity contribution is 5.86. The van der Waals surface area contributed by atoms with Crippen LogP contribution in [0.3, 0.4) is 0 Å². The van der Waals surface area contributed by atoms with Crippen LogP contribution in [-0.4, -0.2) is 23.5 Å². The summed E-state index contributed by atoms with van der Waals surface area (Å²) in [6.07, 6.45) is 1.36. The lowest BCUT2D eigenvalue weighted by Gasteiger charge is -2.29. The Hall–Kier alpha value is -3.33. The highest BCUT2D eigenvalue weighted by Crippen LogP contribution is 2.34. The number of carbonyl (C=O) groups excluding carboxylic acids is 2. The van der Waals surface area contributed by atoms with E-state index in [1.165, 1.54) is 4.90 Å². The van der Waals surface area contributed by atoms with Gasteiger partial charge >= 0.3 is 12.1 Å². The Morgan fingerprint density at radius 1 is 1.07 bits per heavy atom. The van der Waals surface area contributed by atoms with Gasteiger partial charge in [-0.05, 0) is 49.1 Å². The normalized spacial score (nSPS) is 17.5. The van der Waals surface area contributed by atoms with Crippen LogP contribution in [0.4, 0.5) is 4.79 Å². The summed E-state index contributed by atoms with van der Waals surface area (Å²) in [5.41, 5.74) is 0.904. The molecule has 0 spiro atoms. The molecule has 0 aliphatic heterocycles. The number of hydrogen-bond donors (Lipinski definition) is 0. The maximum absolute atomic E-state index is 12.5. The number of rotatable bonds is 7. The molecular formula is C23H24N2O4. The Kier molecular flexibility index (Phi) is 6.85. The van der Waals surface area contributed by atoms with Crippen molar-refractivity contribution in [1.29, 1.82) is 5.26 Å². The van der Waals surface area contributed by atoms with Gasteiger partial charge in [0.05, 0.1) is 17.9 Å². The fourth-order valence-corrected chi connectivity index (χ4v) is 3.18.